The highest BCUT2D eigenvalue weighted by atomic mass is 16.6. The minimum atomic E-state index is -0.515. The number of aromatic nitrogens is 2. The Kier molecular flexibility index (Phi) is 3.58. The van der Waals surface area contributed by atoms with Crippen molar-refractivity contribution in [1.29, 1.82) is 0 Å². The van der Waals surface area contributed by atoms with Gasteiger partial charge in [0, 0.05) is 19.0 Å². The monoisotopic (exact) mass is 319 g/mol. The SMILES string of the molecule is O=C1CC(C(=O)N2CCC(c3ncon3)CC2)C2(CCCC2)O1. The molecule has 0 N–H and O–H groups in total. The van der Waals surface area contributed by atoms with E-state index in [0.717, 1.165) is 44.3 Å². The molecule has 0 aromatic carbocycles. The lowest BCUT2D eigenvalue weighted by Crippen LogP contribution is -2.47. The number of hydrogen-bond acceptors (Lipinski definition) is 6. The Bertz CT molecular complexity index is 586. The first-order valence-electron chi connectivity index (χ1n) is 8.45. The third-order valence-electron chi connectivity index (χ3n) is 5.62. The molecule has 23 heavy (non-hydrogen) atoms. The second-order valence-electron chi connectivity index (χ2n) is 6.89. The number of amides is 1. The van der Waals surface area contributed by atoms with Crippen LogP contribution in [0.1, 0.15) is 56.7 Å². The fourth-order valence-electron chi connectivity index (χ4n) is 4.37. The minimum Gasteiger partial charge on any atom is -0.458 e. The number of carbonyl (C=O) groups is 2. The molecule has 1 aromatic rings. The zero-order valence-corrected chi connectivity index (χ0v) is 13.1. The van der Waals surface area contributed by atoms with Gasteiger partial charge in [-0.1, -0.05) is 5.16 Å². The lowest BCUT2D eigenvalue weighted by Gasteiger charge is -2.36. The molecule has 1 unspecified atom stereocenters. The second kappa shape index (κ2) is 5.62. The van der Waals surface area contributed by atoms with Crippen LogP contribution in [0.25, 0.3) is 0 Å². The van der Waals surface area contributed by atoms with Gasteiger partial charge in [0.15, 0.2) is 5.82 Å². The Hall–Kier alpha value is -1.92. The van der Waals surface area contributed by atoms with Crippen LogP contribution in [-0.2, 0) is 14.3 Å². The molecule has 7 heteroatoms. The molecule has 1 spiro atoms. The van der Waals surface area contributed by atoms with E-state index in [4.69, 9.17) is 9.26 Å². The van der Waals surface area contributed by atoms with Crippen molar-refractivity contribution in [3.8, 4) is 0 Å². The number of esters is 1. The van der Waals surface area contributed by atoms with Crippen LogP contribution in [-0.4, -0.2) is 45.6 Å². The first-order valence-corrected chi connectivity index (χ1v) is 8.45. The molecule has 1 atom stereocenters. The summed E-state index contributed by atoms with van der Waals surface area (Å²) in [4.78, 5) is 30.7. The number of piperidine rings is 1. The highest BCUT2D eigenvalue weighted by molar-refractivity contribution is 5.88. The maximum absolute atomic E-state index is 12.9. The molecule has 3 heterocycles. The fraction of sp³-hybridized carbons (Fsp3) is 0.750. The largest absolute Gasteiger partial charge is 0.458 e. The molecule has 7 nitrogen and oxygen atoms in total. The van der Waals surface area contributed by atoms with E-state index in [2.05, 4.69) is 10.1 Å². The summed E-state index contributed by atoms with van der Waals surface area (Å²) in [6.07, 6.45) is 6.98. The van der Waals surface area contributed by atoms with Gasteiger partial charge in [0.2, 0.25) is 12.3 Å². The second-order valence-corrected chi connectivity index (χ2v) is 6.89. The quantitative estimate of drug-likeness (QED) is 0.771. The van der Waals surface area contributed by atoms with Gasteiger partial charge in [-0.2, -0.15) is 4.98 Å². The van der Waals surface area contributed by atoms with E-state index in [1.165, 1.54) is 6.39 Å². The van der Waals surface area contributed by atoms with Gasteiger partial charge in [-0.15, -0.1) is 0 Å². The van der Waals surface area contributed by atoms with Crippen molar-refractivity contribution >= 4 is 11.9 Å². The predicted octanol–water partition coefficient (Wildman–Crippen LogP) is 1.65. The van der Waals surface area contributed by atoms with Crippen LogP contribution in [0.2, 0.25) is 0 Å². The van der Waals surface area contributed by atoms with Crippen LogP contribution in [0.3, 0.4) is 0 Å². The summed E-state index contributed by atoms with van der Waals surface area (Å²) in [6, 6.07) is 0. The number of nitrogens with zero attached hydrogens (tertiary/aromatic N) is 3. The Morgan fingerprint density at radius 3 is 2.65 bits per heavy atom. The average molecular weight is 319 g/mol. The molecule has 2 saturated heterocycles. The number of carbonyl (C=O) groups excluding carboxylic acids is 2. The van der Waals surface area contributed by atoms with Gasteiger partial charge in [0.1, 0.15) is 5.60 Å². The maximum Gasteiger partial charge on any atom is 0.307 e. The third-order valence-corrected chi connectivity index (χ3v) is 5.62. The summed E-state index contributed by atoms with van der Waals surface area (Å²) < 4.78 is 10.4. The van der Waals surface area contributed by atoms with Crippen LogP contribution < -0.4 is 0 Å². The Morgan fingerprint density at radius 1 is 1.26 bits per heavy atom. The summed E-state index contributed by atoms with van der Waals surface area (Å²) in [6.45, 7) is 1.36. The number of ether oxygens (including phenoxy) is 1. The van der Waals surface area contributed by atoms with Crippen molar-refractivity contribution in [2.45, 2.75) is 56.5 Å². The van der Waals surface area contributed by atoms with E-state index in [1.54, 1.807) is 0 Å². The van der Waals surface area contributed by atoms with Gasteiger partial charge in [-0.25, -0.2) is 0 Å². The number of likely N-dealkylation sites (tertiary alicyclic amines) is 1. The van der Waals surface area contributed by atoms with E-state index in [1.807, 2.05) is 4.90 Å². The van der Waals surface area contributed by atoms with Gasteiger partial charge in [0.05, 0.1) is 12.3 Å². The van der Waals surface area contributed by atoms with Crippen molar-refractivity contribution in [2.24, 2.45) is 5.92 Å². The van der Waals surface area contributed by atoms with Crippen LogP contribution in [0, 0.1) is 5.92 Å². The Balaban J connectivity index is 1.42. The molecule has 124 valence electrons. The van der Waals surface area contributed by atoms with Crippen molar-refractivity contribution in [2.75, 3.05) is 13.1 Å². The van der Waals surface area contributed by atoms with Gasteiger partial charge in [-0.05, 0) is 38.5 Å². The van der Waals surface area contributed by atoms with Gasteiger partial charge >= 0.3 is 5.97 Å². The van der Waals surface area contributed by atoms with Crippen LogP contribution in [0.5, 0.6) is 0 Å². The molecule has 3 aliphatic rings. The average Bonchev–Trinajstić information content (AvgIpc) is 3.29. The van der Waals surface area contributed by atoms with Crippen molar-refractivity contribution < 1.29 is 18.8 Å². The molecule has 3 fully saturated rings. The van der Waals surface area contributed by atoms with E-state index >= 15 is 0 Å². The summed E-state index contributed by atoms with van der Waals surface area (Å²) in [5.41, 5.74) is -0.515. The number of hydrogen-bond donors (Lipinski definition) is 0. The van der Waals surface area contributed by atoms with E-state index < -0.39 is 5.60 Å². The molecule has 1 aliphatic carbocycles. The lowest BCUT2D eigenvalue weighted by atomic mass is 9.84. The van der Waals surface area contributed by atoms with Crippen LogP contribution >= 0.6 is 0 Å². The highest BCUT2D eigenvalue weighted by Crippen LogP contribution is 2.46. The smallest absolute Gasteiger partial charge is 0.307 e. The highest BCUT2D eigenvalue weighted by Gasteiger charge is 2.55. The maximum atomic E-state index is 12.9. The summed E-state index contributed by atoms with van der Waals surface area (Å²) in [5.74, 6) is 0.555. The summed E-state index contributed by atoms with van der Waals surface area (Å²) >= 11 is 0. The normalized spacial score (nSPS) is 27.6. The lowest BCUT2D eigenvalue weighted by molar-refractivity contribution is -0.152. The van der Waals surface area contributed by atoms with Crippen molar-refractivity contribution in [3.05, 3.63) is 12.2 Å². The zero-order valence-electron chi connectivity index (χ0n) is 13.1. The molecule has 2 aliphatic heterocycles. The van der Waals surface area contributed by atoms with Crippen molar-refractivity contribution in [3.63, 3.8) is 0 Å². The summed E-state index contributed by atoms with van der Waals surface area (Å²) in [5, 5.41) is 3.90. The Morgan fingerprint density at radius 2 is 2.00 bits per heavy atom. The topological polar surface area (TPSA) is 85.5 Å². The Labute approximate surface area is 134 Å². The third kappa shape index (κ3) is 2.52. The number of rotatable bonds is 2. The van der Waals surface area contributed by atoms with Crippen LogP contribution in [0.4, 0.5) is 0 Å². The molecule has 0 bridgehead atoms. The van der Waals surface area contributed by atoms with E-state index in [-0.39, 0.29) is 30.1 Å². The first-order chi connectivity index (χ1) is 11.2. The fourth-order valence-corrected chi connectivity index (χ4v) is 4.37. The molecule has 1 amide bonds. The van der Waals surface area contributed by atoms with Gasteiger partial charge in [0.25, 0.3) is 0 Å². The zero-order chi connectivity index (χ0) is 15.9. The molecule has 1 saturated carbocycles. The van der Waals surface area contributed by atoms with Crippen LogP contribution in [0.15, 0.2) is 10.9 Å². The van der Waals surface area contributed by atoms with Gasteiger partial charge < -0.3 is 14.2 Å². The van der Waals surface area contributed by atoms with E-state index in [9.17, 15) is 9.59 Å². The first kappa shape index (κ1) is 14.7. The molecule has 1 aromatic heterocycles. The molecule has 0 radical (unpaired) electrons. The molecular weight excluding hydrogens is 298 g/mol. The minimum absolute atomic E-state index is 0.0873. The molecule has 4 rings (SSSR count). The molecular formula is C16H21N3O4. The van der Waals surface area contributed by atoms with Gasteiger partial charge in [-0.3, -0.25) is 9.59 Å². The van der Waals surface area contributed by atoms with Crippen molar-refractivity contribution in [1.82, 2.24) is 15.0 Å². The van der Waals surface area contributed by atoms with E-state index in [0.29, 0.717) is 13.1 Å². The predicted molar refractivity (Wildman–Crippen MR) is 78.3 cm³/mol. The summed E-state index contributed by atoms with van der Waals surface area (Å²) in [7, 11) is 0. The standard InChI is InChI=1S/C16H21N3O4/c20-13-9-12(16(23-13)5-1-2-6-16)15(21)19-7-3-11(4-8-19)14-17-10-22-18-14/h10-12H,1-9H2.